The van der Waals surface area contributed by atoms with Gasteiger partial charge in [0.2, 0.25) is 11.8 Å². The molecule has 4 aliphatic rings. The molecule has 3 saturated carbocycles. The van der Waals surface area contributed by atoms with Gasteiger partial charge < -0.3 is 21.3 Å². The third kappa shape index (κ3) is 4.93. The van der Waals surface area contributed by atoms with Crippen LogP contribution in [0.25, 0.3) is 0 Å². The van der Waals surface area contributed by atoms with Gasteiger partial charge in [-0.25, -0.2) is 0 Å². The van der Waals surface area contributed by atoms with Crippen LogP contribution >= 0.6 is 0 Å². The Morgan fingerprint density at radius 1 is 0.970 bits per heavy atom. The third-order valence-electron chi connectivity index (χ3n) is 7.98. The molecule has 33 heavy (non-hydrogen) atoms. The van der Waals surface area contributed by atoms with Crippen molar-refractivity contribution in [2.45, 2.75) is 95.2 Å². The largest absolute Gasteiger partial charge is 0.349 e. The molecule has 7 nitrogen and oxygen atoms in total. The molecule has 5 rings (SSSR count). The predicted octanol–water partition coefficient (Wildman–Crippen LogP) is 3.72. The normalized spacial score (nSPS) is 28.5. The van der Waals surface area contributed by atoms with Crippen molar-refractivity contribution in [3.8, 4) is 0 Å². The Balaban J connectivity index is 1.42. The number of nitrogens with one attached hydrogen (secondary N) is 2. The molecule has 1 heterocycles. The smallest absolute Gasteiger partial charge is 0.251 e. The average Bonchev–Trinajstić information content (AvgIpc) is 3.67. The summed E-state index contributed by atoms with van der Waals surface area (Å²) in [6, 6.07) is 5.66. The Labute approximate surface area is 195 Å². The van der Waals surface area contributed by atoms with Crippen molar-refractivity contribution < 1.29 is 14.4 Å². The van der Waals surface area contributed by atoms with Crippen molar-refractivity contribution in [1.82, 2.24) is 5.32 Å². The summed E-state index contributed by atoms with van der Waals surface area (Å²) in [6.07, 6.45) is 11.5. The second-order valence-corrected chi connectivity index (χ2v) is 10.5. The number of benzene rings is 1. The molecule has 0 spiro atoms. The van der Waals surface area contributed by atoms with E-state index in [1.165, 1.54) is 6.42 Å². The highest BCUT2D eigenvalue weighted by Gasteiger charge is 2.42. The van der Waals surface area contributed by atoms with Gasteiger partial charge in [-0.1, -0.05) is 19.3 Å². The minimum absolute atomic E-state index is 0.0674. The standard InChI is InChI=1S/C26H36N4O3/c27-19-9-11-20(12-10-19)28-25(32)18-8-13-22-21(14-18)29-24(31)15-23(16-4-2-1-3-5-16)30(22)26(33)17-6-7-17/h8,13-14,16-17,19-20,23H,1-7,9-12,15,27H2,(H,28,32)(H,29,31). The molecule has 3 amide bonds. The number of hydrogen-bond acceptors (Lipinski definition) is 4. The van der Waals surface area contributed by atoms with Gasteiger partial charge in [0.25, 0.3) is 5.91 Å². The molecule has 7 heteroatoms. The highest BCUT2D eigenvalue weighted by Crippen LogP contribution is 2.42. The molecule has 4 N–H and O–H groups in total. The van der Waals surface area contributed by atoms with Gasteiger partial charge in [-0.3, -0.25) is 14.4 Å². The summed E-state index contributed by atoms with van der Waals surface area (Å²) in [5, 5.41) is 6.14. The summed E-state index contributed by atoms with van der Waals surface area (Å²) in [7, 11) is 0. The molecule has 0 saturated heterocycles. The number of rotatable bonds is 4. The second-order valence-electron chi connectivity index (χ2n) is 10.5. The molecule has 0 radical (unpaired) electrons. The summed E-state index contributed by atoms with van der Waals surface area (Å²) in [6.45, 7) is 0. The number of carbonyl (C=O) groups excluding carboxylic acids is 3. The Kier molecular flexibility index (Phi) is 6.41. The van der Waals surface area contributed by atoms with Crippen molar-refractivity contribution in [3.63, 3.8) is 0 Å². The number of carbonyl (C=O) groups is 3. The van der Waals surface area contributed by atoms with Crippen LogP contribution in [0.15, 0.2) is 18.2 Å². The average molecular weight is 453 g/mol. The number of amides is 3. The van der Waals surface area contributed by atoms with Crippen molar-refractivity contribution in [2.24, 2.45) is 17.6 Å². The molecule has 1 atom stereocenters. The lowest BCUT2D eigenvalue weighted by molar-refractivity contribution is -0.121. The predicted molar refractivity (Wildman–Crippen MR) is 128 cm³/mol. The molecule has 3 fully saturated rings. The minimum atomic E-state index is -0.138. The van der Waals surface area contributed by atoms with E-state index in [1.807, 2.05) is 11.0 Å². The van der Waals surface area contributed by atoms with Gasteiger partial charge in [0.05, 0.1) is 11.4 Å². The van der Waals surface area contributed by atoms with Gasteiger partial charge in [-0.05, 0) is 75.5 Å². The van der Waals surface area contributed by atoms with E-state index in [1.54, 1.807) is 12.1 Å². The van der Waals surface area contributed by atoms with Crippen LogP contribution in [-0.4, -0.2) is 35.8 Å². The number of nitrogens with zero attached hydrogens (tertiary/aromatic N) is 1. The number of nitrogens with two attached hydrogens (primary N) is 1. The minimum Gasteiger partial charge on any atom is -0.349 e. The maximum atomic E-state index is 13.4. The van der Waals surface area contributed by atoms with Crippen LogP contribution in [-0.2, 0) is 9.59 Å². The Morgan fingerprint density at radius 2 is 1.70 bits per heavy atom. The van der Waals surface area contributed by atoms with Gasteiger partial charge in [-0.15, -0.1) is 0 Å². The van der Waals surface area contributed by atoms with Crippen LogP contribution in [0, 0.1) is 11.8 Å². The van der Waals surface area contributed by atoms with Gasteiger partial charge in [0.15, 0.2) is 0 Å². The van der Waals surface area contributed by atoms with Gasteiger partial charge in [0.1, 0.15) is 0 Å². The van der Waals surface area contributed by atoms with E-state index in [0.717, 1.165) is 69.9 Å². The van der Waals surface area contributed by atoms with Crippen molar-refractivity contribution in [2.75, 3.05) is 10.2 Å². The first-order valence-corrected chi connectivity index (χ1v) is 12.8. The van der Waals surface area contributed by atoms with Gasteiger partial charge in [0, 0.05) is 36.0 Å². The van der Waals surface area contributed by atoms with Crippen LogP contribution in [0.2, 0.25) is 0 Å². The van der Waals surface area contributed by atoms with Gasteiger partial charge in [-0.2, -0.15) is 0 Å². The topological polar surface area (TPSA) is 105 Å². The molecule has 1 aromatic rings. The summed E-state index contributed by atoms with van der Waals surface area (Å²) in [5.41, 5.74) is 7.82. The van der Waals surface area contributed by atoms with E-state index in [-0.39, 0.29) is 41.8 Å². The number of hydrogen-bond donors (Lipinski definition) is 3. The fourth-order valence-corrected chi connectivity index (χ4v) is 5.89. The summed E-state index contributed by atoms with van der Waals surface area (Å²) in [4.78, 5) is 41.2. The van der Waals surface area contributed by atoms with Crippen molar-refractivity contribution >= 4 is 29.1 Å². The molecule has 1 unspecified atom stereocenters. The molecule has 3 aliphatic carbocycles. The first kappa shape index (κ1) is 22.4. The van der Waals surface area contributed by atoms with Gasteiger partial charge >= 0.3 is 0 Å². The lowest BCUT2D eigenvalue weighted by Crippen LogP contribution is -2.46. The van der Waals surface area contributed by atoms with Crippen LogP contribution in [0.4, 0.5) is 11.4 Å². The highest BCUT2D eigenvalue weighted by molar-refractivity contribution is 6.07. The van der Waals surface area contributed by atoms with E-state index in [0.29, 0.717) is 23.6 Å². The number of fused-ring (bicyclic) bond motifs is 1. The molecular weight excluding hydrogens is 416 g/mol. The lowest BCUT2D eigenvalue weighted by atomic mass is 9.81. The molecule has 1 aliphatic heterocycles. The molecule has 178 valence electrons. The Hall–Kier alpha value is -2.41. The van der Waals surface area contributed by atoms with E-state index in [4.69, 9.17) is 5.73 Å². The molecule has 0 aromatic heterocycles. The van der Waals surface area contributed by atoms with Crippen LogP contribution in [0.1, 0.15) is 87.4 Å². The lowest BCUT2D eigenvalue weighted by Gasteiger charge is -2.38. The van der Waals surface area contributed by atoms with E-state index >= 15 is 0 Å². The highest BCUT2D eigenvalue weighted by atomic mass is 16.2. The maximum absolute atomic E-state index is 13.4. The van der Waals surface area contributed by atoms with Crippen LogP contribution < -0.4 is 21.3 Å². The van der Waals surface area contributed by atoms with E-state index < -0.39 is 0 Å². The van der Waals surface area contributed by atoms with Crippen molar-refractivity contribution in [3.05, 3.63) is 23.8 Å². The monoisotopic (exact) mass is 452 g/mol. The molecular formula is C26H36N4O3. The third-order valence-corrected chi connectivity index (χ3v) is 7.98. The summed E-state index contributed by atoms with van der Waals surface area (Å²) in [5.74, 6) is 0.341. The molecule has 0 bridgehead atoms. The first-order chi connectivity index (χ1) is 16.0. The fraction of sp³-hybridized carbons (Fsp3) is 0.654. The zero-order chi connectivity index (χ0) is 22.9. The zero-order valence-electron chi connectivity index (χ0n) is 19.4. The van der Waals surface area contributed by atoms with Crippen LogP contribution in [0.5, 0.6) is 0 Å². The second kappa shape index (κ2) is 9.45. The SMILES string of the molecule is NC1CCC(NC(=O)c2ccc3c(c2)NC(=O)CC(C2CCCCC2)N3C(=O)C2CC2)CC1. The van der Waals surface area contributed by atoms with Crippen LogP contribution in [0.3, 0.4) is 0 Å². The number of anilines is 2. The zero-order valence-corrected chi connectivity index (χ0v) is 19.4. The van der Waals surface area contributed by atoms with Crippen molar-refractivity contribution in [1.29, 1.82) is 0 Å². The van der Waals surface area contributed by atoms with E-state index in [2.05, 4.69) is 10.6 Å². The first-order valence-electron chi connectivity index (χ1n) is 12.8. The Bertz CT molecular complexity index is 914. The molecule has 1 aromatic carbocycles. The summed E-state index contributed by atoms with van der Waals surface area (Å²) < 4.78 is 0. The fourth-order valence-electron chi connectivity index (χ4n) is 5.89. The quantitative estimate of drug-likeness (QED) is 0.647. The Morgan fingerprint density at radius 3 is 2.39 bits per heavy atom. The summed E-state index contributed by atoms with van der Waals surface area (Å²) >= 11 is 0. The van der Waals surface area contributed by atoms with E-state index in [9.17, 15) is 14.4 Å². The maximum Gasteiger partial charge on any atom is 0.251 e.